The lowest BCUT2D eigenvalue weighted by molar-refractivity contribution is 0.0347. The molecule has 160 valence electrons. The van der Waals surface area contributed by atoms with E-state index in [1.807, 2.05) is 18.2 Å². The number of carbonyl (C=O) groups is 1. The molecule has 0 aliphatic carbocycles. The van der Waals surface area contributed by atoms with Crippen LogP contribution in [0.1, 0.15) is 107 Å². The summed E-state index contributed by atoms with van der Waals surface area (Å²) in [5.74, 6) is -0.211. The number of ether oxygens (including phenoxy) is 1. The molecule has 0 aromatic heterocycles. The smallest absolute Gasteiger partial charge is 0.191 e. The number of rotatable bonds is 18. The highest BCUT2D eigenvalue weighted by Gasteiger charge is 2.21. The minimum absolute atomic E-state index is 0.0502. The minimum atomic E-state index is -0.982. The Bertz CT molecular complexity index is 486. The van der Waals surface area contributed by atoms with Crippen LogP contribution in [-0.4, -0.2) is 30.2 Å². The Balaban J connectivity index is 2.04. The number of aliphatic hydroxyl groups excluding tert-OH is 1. The van der Waals surface area contributed by atoms with Gasteiger partial charge in [0, 0.05) is 19.1 Å². The van der Waals surface area contributed by atoms with Crippen LogP contribution in [0.3, 0.4) is 0 Å². The number of methoxy groups -OCH3 is 1. The SMILES string of the molecule is CCCCCCCCCCCCCCC(CC(O)C(=O)c1ccccc1)OC. The maximum Gasteiger partial charge on any atom is 0.191 e. The Kier molecular flexibility index (Phi) is 14.9. The summed E-state index contributed by atoms with van der Waals surface area (Å²) in [5.41, 5.74) is 0.565. The number of Topliss-reactive ketones (excluding diaryl/α,β-unsaturated/α-hetero) is 1. The summed E-state index contributed by atoms with van der Waals surface area (Å²) in [6, 6.07) is 9.01. The fraction of sp³-hybridized carbons (Fsp3) is 0.720. The van der Waals surface area contributed by atoms with Crippen molar-refractivity contribution in [1.29, 1.82) is 0 Å². The molecule has 0 saturated carbocycles. The Labute approximate surface area is 172 Å². The molecular weight excluding hydrogens is 348 g/mol. The predicted octanol–water partition coefficient (Wildman–Crippen LogP) is 6.73. The Morgan fingerprint density at radius 3 is 1.86 bits per heavy atom. The first kappa shape index (κ1) is 24.8. The third-order valence-corrected chi connectivity index (χ3v) is 5.56. The van der Waals surface area contributed by atoms with Gasteiger partial charge in [0.05, 0.1) is 6.10 Å². The largest absolute Gasteiger partial charge is 0.385 e. The van der Waals surface area contributed by atoms with E-state index in [-0.39, 0.29) is 11.9 Å². The zero-order valence-electron chi connectivity index (χ0n) is 18.2. The zero-order chi connectivity index (χ0) is 20.5. The average Bonchev–Trinajstić information content (AvgIpc) is 2.73. The van der Waals surface area contributed by atoms with Crippen LogP contribution in [0.15, 0.2) is 30.3 Å². The number of unbranched alkanes of at least 4 members (excludes halogenated alkanes) is 11. The summed E-state index contributed by atoms with van der Waals surface area (Å²) < 4.78 is 5.49. The van der Waals surface area contributed by atoms with E-state index in [9.17, 15) is 9.90 Å². The Hall–Kier alpha value is -1.19. The van der Waals surface area contributed by atoms with E-state index in [4.69, 9.17) is 4.74 Å². The number of ketones is 1. The number of hydrogen-bond acceptors (Lipinski definition) is 3. The van der Waals surface area contributed by atoms with Gasteiger partial charge in [-0.15, -0.1) is 0 Å². The quantitative estimate of drug-likeness (QED) is 0.223. The van der Waals surface area contributed by atoms with Gasteiger partial charge >= 0.3 is 0 Å². The van der Waals surface area contributed by atoms with Crippen molar-refractivity contribution in [3.05, 3.63) is 35.9 Å². The Morgan fingerprint density at radius 2 is 1.36 bits per heavy atom. The van der Waals surface area contributed by atoms with Crippen LogP contribution >= 0.6 is 0 Å². The van der Waals surface area contributed by atoms with Crippen LogP contribution in [-0.2, 0) is 4.74 Å². The number of benzene rings is 1. The van der Waals surface area contributed by atoms with E-state index in [2.05, 4.69) is 6.92 Å². The summed E-state index contributed by atoms with van der Waals surface area (Å²) >= 11 is 0. The van der Waals surface area contributed by atoms with Crippen LogP contribution < -0.4 is 0 Å². The van der Waals surface area contributed by atoms with E-state index in [0.717, 1.165) is 12.8 Å². The molecule has 0 fully saturated rings. The molecule has 3 nitrogen and oxygen atoms in total. The topological polar surface area (TPSA) is 46.5 Å². The average molecular weight is 391 g/mol. The van der Waals surface area contributed by atoms with E-state index >= 15 is 0 Å². The van der Waals surface area contributed by atoms with Crippen LogP contribution in [0.4, 0.5) is 0 Å². The molecule has 1 aromatic carbocycles. The van der Waals surface area contributed by atoms with Gasteiger partial charge in [0.1, 0.15) is 6.10 Å². The van der Waals surface area contributed by atoms with Gasteiger partial charge in [-0.1, -0.05) is 114 Å². The second kappa shape index (κ2) is 16.7. The zero-order valence-corrected chi connectivity index (χ0v) is 18.2. The van der Waals surface area contributed by atoms with Crippen molar-refractivity contribution in [2.75, 3.05) is 7.11 Å². The summed E-state index contributed by atoms with van der Waals surface area (Å²) in [4.78, 5) is 12.3. The van der Waals surface area contributed by atoms with Gasteiger partial charge in [-0.25, -0.2) is 0 Å². The molecule has 3 heteroatoms. The molecule has 1 aromatic rings. The highest BCUT2D eigenvalue weighted by Crippen LogP contribution is 2.17. The second-order valence-corrected chi connectivity index (χ2v) is 8.02. The monoisotopic (exact) mass is 390 g/mol. The van der Waals surface area contributed by atoms with Gasteiger partial charge in [0.25, 0.3) is 0 Å². The standard InChI is InChI=1S/C25H42O3/c1-3-4-5-6-7-8-9-10-11-12-13-17-20-23(28-2)21-24(26)25(27)22-18-15-14-16-19-22/h14-16,18-19,23-24,26H,3-13,17,20-21H2,1-2H3. The van der Waals surface area contributed by atoms with Gasteiger partial charge in [-0.2, -0.15) is 0 Å². The van der Waals surface area contributed by atoms with E-state index in [1.54, 1.807) is 19.2 Å². The predicted molar refractivity (Wildman–Crippen MR) is 118 cm³/mol. The first-order valence-corrected chi connectivity index (χ1v) is 11.5. The van der Waals surface area contributed by atoms with Crippen LogP contribution in [0.5, 0.6) is 0 Å². The molecule has 0 saturated heterocycles. The number of aliphatic hydroxyl groups is 1. The van der Waals surface area contributed by atoms with E-state index in [0.29, 0.717) is 12.0 Å². The highest BCUT2D eigenvalue weighted by atomic mass is 16.5. The maximum absolute atomic E-state index is 12.3. The summed E-state index contributed by atoms with van der Waals surface area (Å²) in [5, 5.41) is 10.2. The van der Waals surface area contributed by atoms with Gasteiger partial charge in [-0.3, -0.25) is 4.79 Å². The van der Waals surface area contributed by atoms with E-state index < -0.39 is 6.10 Å². The molecule has 0 spiro atoms. The molecule has 0 aliphatic rings. The maximum atomic E-state index is 12.3. The van der Waals surface area contributed by atoms with Gasteiger partial charge in [0.2, 0.25) is 0 Å². The number of hydrogen-bond donors (Lipinski definition) is 1. The first-order valence-electron chi connectivity index (χ1n) is 11.5. The third-order valence-electron chi connectivity index (χ3n) is 5.56. The van der Waals surface area contributed by atoms with Crippen LogP contribution in [0.25, 0.3) is 0 Å². The summed E-state index contributed by atoms with van der Waals surface area (Å²) in [6.45, 7) is 2.27. The Morgan fingerprint density at radius 1 is 0.857 bits per heavy atom. The third kappa shape index (κ3) is 11.6. The van der Waals surface area contributed by atoms with E-state index in [1.165, 1.54) is 70.6 Å². The van der Waals surface area contributed by atoms with Crippen molar-refractivity contribution < 1.29 is 14.6 Å². The lowest BCUT2D eigenvalue weighted by Crippen LogP contribution is -2.27. The molecule has 1 rings (SSSR count). The van der Waals surface area contributed by atoms with Gasteiger partial charge < -0.3 is 9.84 Å². The van der Waals surface area contributed by atoms with Gasteiger partial charge in [0.15, 0.2) is 5.78 Å². The molecule has 28 heavy (non-hydrogen) atoms. The van der Waals surface area contributed by atoms with Crippen molar-refractivity contribution in [3.8, 4) is 0 Å². The molecule has 0 heterocycles. The minimum Gasteiger partial charge on any atom is -0.385 e. The first-order chi connectivity index (χ1) is 13.7. The highest BCUT2D eigenvalue weighted by molar-refractivity contribution is 5.99. The van der Waals surface area contributed by atoms with Crippen molar-refractivity contribution in [3.63, 3.8) is 0 Å². The lowest BCUT2D eigenvalue weighted by atomic mass is 9.98. The molecule has 0 aliphatic heterocycles. The molecule has 0 amide bonds. The fourth-order valence-electron chi connectivity index (χ4n) is 3.70. The molecule has 0 bridgehead atoms. The van der Waals surface area contributed by atoms with Crippen LogP contribution in [0, 0.1) is 0 Å². The molecule has 1 N–H and O–H groups in total. The van der Waals surface area contributed by atoms with Crippen molar-refractivity contribution >= 4 is 5.78 Å². The molecular formula is C25H42O3. The summed E-state index contributed by atoms with van der Waals surface area (Å²) in [7, 11) is 1.67. The lowest BCUT2D eigenvalue weighted by Gasteiger charge is -2.18. The normalized spacial score (nSPS) is 13.4. The number of carbonyl (C=O) groups excluding carboxylic acids is 1. The summed E-state index contributed by atoms with van der Waals surface area (Å²) in [6.07, 6.45) is 16.2. The molecule has 2 unspecified atom stereocenters. The molecule has 2 atom stereocenters. The molecule has 0 radical (unpaired) electrons. The van der Waals surface area contributed by atoms with Gasteiger partial charge in [-0.05, 0) is 6.42 Å². The van der Waals surface area contributed by atoms with Crippen molar-refractivity contribution in [1.82, 2.24) is 0 Å². The fourth-order valence-corrected chi connectivity index (χ4v) is 3.70. The van der Waals surface area contributed by atoms with Crippen LogP contribution in [0.2, 0.25) is 0 Å². The van der Waals surface area contributed by atoms with Crippen molar-refractivity contribution in [2.45, 2.75) is 109 Å². The van der Waals surface area contributed by atoms with Crippen molar-refractivity contribution in [2.24, 2.45) is 0 Å². The second-order valence-electron chi connectivity index (χ2n) is 8.02.